The lowest BCUT2D eigenvalue weighted by Crippen LogP contribution is -2.22. The molecule has 25 heavy (non-hydrogen) atoms. The average molecular weight is 348 g/mol. The summed E-state index contributed by atoms with van der Waals surface area (Å²) in [4.78, 5) is 27.5. The van der Waals surface area contributed by atoms with Crippen LogP contribution in [0.15, 0.2) is 70.5 Å². The Hall–Kier alpha value is -2.72. The van der Waals surface area contributed by atoms with Crippen molar-refractivity contribution in [2.75, 3.05) is 0 Å². The Morgan fingerprint density at radius 2 is 1.36 bits per heavy atom. The fourth-order valence-electron chi connectivity index (χ4n) is 3.10. The number of ketones is 2. The highest BCUT2D eigenvalue weighted by molar-refractivity contribution is 7.99. The van der Waals surface area contributed by atoms with E-state index in [1.165, 1.54) is 23.9 Å². The highest BCUT2D eigenvalue weighted by atomic mass is 32.2. The molecule has 0 atom stereocenters. The molecule has 0 amide bonds. The van der Waals surface area contributed by atoms with Crippen molar-refractivity contribution in [3.63, 3.8) is 0 Å². The van der Waals surface area contributed by atoms with Crippen LogP contribution in [0.1, 0.15) is 37.4 Å². The van der Waals surface area contributed by atoms with E-state index in [1.54, 1.807) is 36.4 Å². The first kappa shape index (κ1) is 15.8. The minimum absolute atomic E-state index is 0.121. The second kappa shape index (κ2) is 5.97. The quantitative estimate of drug-likeness (QED) is 0.508. The van der Waals surface area contributed by atoms with Crippen LogP contribution in [0.5, 0.6) is 0 Å². The van der Waals surface area contributed by atoms with Crippen LogP contribution in [0.3, 0.4) is 0 Å². The van der Waals surface area contributed by atoms with E-state index >= 15 is 0 Å². The number of hydrogen-bond donors (Lipinski definition) is 0. The van der Waals surface area contributed by atoms with Gasteiger partial charge in [-0.1, -0.05) is 42.1 Å². The van der Waals surface area contributed by atoms with Crippen molar-refractivity contribution in [1.29, 1.82) is 0 Å². The molecule has 1 aliphatic carbocycles. The van der Waals surface area contributed by atoms with Crippen LogP contribution >= 0.6 is 11.8 Å². The maximum absolute atomic E-state index is 13.1. The zero-order chi connectivity index (χ0) is 17.6. The van der Waals surface area contributed by atoms with Crippen LogP contribution in [-0.2, 0) is 0 Å². The summed E-state index contributed by atoms with van der Waals surface area (Å²) in [6.07, 6.45) is 0. The molecule has 4 rings (SSSR count). The van der Waals surface area contributed by atoms with Crippen LogP contribution < -0.4 is 0 Å². The molecule has 0 radical (unpaired) electrons. The maximum Gasteiger partial charge on any atom is 0.195 e. The molecule has 0 heterocycles. The Labute approximate surface area is 148 Å². The number of hydrogen-bond acceptors (Lipinski definition) is 3. The van der Waals surface area contributed by atoms with Crippen LogP contribution in [0, 0.1) is 12.7 Å². The van der Waals surface area contributed by atoms with E-state index < -0.39 is 0 Å². The van der Waals surface area contributed by atoms with E-state index in [4.69, 9.17) is 0 Å². The molecule has 122 valence electrons. The summed E-state index contributed by atoms with van der Waals surface area (Å²) < 4.78 is 13.1. The van der Waals surface area contributed by atoms with Gasteiger partial charge in [0, 0.05) is 32.0 Å². The minimum Gasteiger partial charge on any atom is -0.289 e. The van der Waals surface area contributed by atoms with E-state index in [-0.39, 0.29) is 17.4 Å². The summed E-state index contributed by atoms with van der Waals surface area (Å²) >= 11 is 1.36. The Bertz CT molecular complexity index is 1020. The Kier molecular flexibility index (Phi) is 3.77. The van der Waals surface area contributed by atoms with E-state index in [0.29, 0.717) is 27.1 Å². The van der Waals surface area contributed by atoms with Gasteiger partial charge < -0.3 is 0 Å². The normalized spacial score (nSPS) is 12.7. The van der Waals surface area contributed by atoms with E-state index in [0.717, 1.165) is 10.5 Å². The van der Waals surface area contributed by atoms with Crippen molar-refractivity contribution < 1.29 is 14.0 Å². The van der Waals surface area contributed by atoms with Crippen molar-refractivity contribution in [1.82, 2.24) is 0 Å². The monoisotopic (exact) mass is 348 g/mol. The van der Waals surface area contributed by atoms with E-state index in [2.05, 4.69) is 0 Å². The standard InChI is InChI=1S/C21H13FO2S/c1-12-4-2-5-15-18(12)20(23)16-6-3-7-17(19(16)21(15)24)25-14-10-8-13(22)9-11-14/h2-11H,1H3. The highest BCUT2D eigenvalue weighted by Crippen LogP contribution is 2.37. The highest BCUT2D eigenvalue weighted by Gasteiger charge is 2.32. The number of aryl methyl sites for hydroxylation is 1. The summed E-state index contributed by atoms with van der Waals surface area (Å²) in [5.74, 6) is -0.571. The summed E-state index contributed by atoms with van der Waals surface area (Å²) in [5, 5.41) is 0. The SMILES string of the molecule is Cc1cccc2c1C(=O)c1cccc(Sc3ccc(F)cc3)c1C2=O. The molecule has 0 spiro atoms. The lowest BCUT2D eigenvalue weighted by Gasteiger charge is -2.21. The van der Waals surface area contributed by atoms with Crippen LogP contribution in [0.25, 0.3) is 0 Å². The second-order valence-corrected chi connectivity index (χ2v) is 7.01. The van der Waals surface area contributed by atoms with Gasteiger partial charge in [-0.25, -0.2) is 4.39 Å². The topological polar surface area (TPSA) is 34.1 Å². The van der Waals surface area contributed by atoms with Crippen LogP contribution in [-0.4, -0.2) is 11.6 Å². The fraction of sp³-hybridized carbons (Fsp3) is 0.0476. The van der Waals surface area contributed by atoms with E-state index in [9.17, 15) is 14.0 Å². The number of carbonyl (C=O) groups is 2. The Balaban J connectivity index is 1.85. The molecule has 2 nitrogen and oxygen atoms in total. The number of carbonyl (C=O) groups excluding carboxylic acids is 2. The van der Waals surface area contributed by atoms with Gasteiger partial charge in [0.05, 0.1) is 0 Å². The number of benzene rings is 3. The molecule has 0 bridgehead atoms. The zero-order valence-electron chi connectivity index (χ0n) is 13.4. The van der Waals surface area contributed by atoms with Gasteiger partial charge in [0.2, 0.25) is 0 Å². The van der Waals surface area contributed by atoms with E-state index in [1.807, 2.05) is 19.1 Å². The Morgan fingerprint density at radius 1 is 0.760 bits per heavy atom. The molecule has 0 aliphatic heterocycles. The molecule has 0 saturated heterocycles. The number of halogens is 1. The predicted octanol–water partition coefficient (Wildman–Crippen LogP) is 5.06. The van der Waals surface area contributed by atoms with Crippen molar-refractivity contribution >= 4 is 23.3 Å². The molecule has 0 saturated carbocycles. The molecule has 3 aromatic carbocycles. The van der Waals surface area contributed by atoms with Gasteiger partial charge in [-0.3, -0.25) is 9.59 Å². The van der Waals surface area contributed by atoms with Gasteiger partial charge in [-0.05, 0) is 42.8 Å². The first-order valence-electron chi connectivity index (χ1n) is 7.81. The smallest absolute Gasteiger partial charge is 0.195 e. The van der Waals surface area contributed by atoms with Crippen molar-refractivity contribution in [2.24, 2.45) is 0 Å². The van der Waals surface area contributed by atoms with Gasteiger partial charge in [-0.2, -0.15) is 0 Å². The minimum atomic E-state index is -0.310. The third-order valence-electron chi connectivity index (χ3n) is 4.28. The van der Waals surface area contributed by atoms with Crippen LogP contribution in [0.4, 0.5) is 4.39 Å². The molecular weight excluding hydrogens is 335 g/mol. The molecule has 4 heteroatoms. The predicted molar refractivity (Wildman–Crippen MR) is 95.0 cm³/mol. The second-order valence-electron chi connectivity index (χ2n) is 5.89. The van der Waals surface area contributed by atoms with Crippen LogP contribution in [0.2, 0.25) is 0 Å². The number of rotatable bonds is 2. The Morgan fingerprint density at radius 3 is 2.08 bits per heavy atom. The molecule has 0 N–H and O–H groups in total. The van der Waals surface area contributed by atoms with Gasteiger partial charge in [0.25, 0.3) is 0 Å². The molecule has 1 aliphatic rings. The largest absolute Gasteiger partial charge is 0.289 e. The van der Waals surface area contributed by atoms with Gasteiger partial charge in [-0.15, -0.1) is 0 Å². The lowest BCUT2D eigenvalue weighted by molar-refractivity contribution is 0.0976. The molecule has 0 aromatic heterocycles. The molecule has 0 fully saturated rings. The van der Waals surface area contributed by atoms with Crippen molar-refractivity contribution in [2.45, 2.75) is 16.7 Å². The third-order valence-corrected chi connectivity index (χ3v) is 5.35. The maximum atomic E-state index is 13.1. The lowest BCUT2D eigenvalue weighted by atomic mass is 9.82. The van der Waals surface area contributed by atoms with Crippen molar-refractivity contribution in [3.8, 4) is 0 Å². The number of fused-ring (bicyclic) bond motifs is 2. The summed E-state index contributed by atoms with van der Waals surface area (Å²) in [6.45, 7) is 1.84. The van der Waals surface area contributed by atoms with Gasteiger partial charge >= 0.3 is 0 Å². The summed E-state index contributed by atoms with van der Waals surface area (Å²) in [5.41, 5.74) is 2.60. The third kappa shape index (κ3) is 2.59. The zero-order valence-corrected chi connectivity index (χ0v) is 14.2. The molecule has 0 unspecified atom stereocenters. The van der Waals surface area contributed by atoms with Gasteiger partial charge in [0.15, 0.2) is 11.6 Å². The molecule has 3 aromatic rings. The summed E-state index contributed by atoms with van der Waals surface area (Å²) in [7, 11) is 0. The van der Waals surface area contributed by atoms with Gasteiger partial charge in [0.1, 0.15) is 5.82 Å². The summed E-state index contributed by atoms with van der Waals surface area (Å²) in [6, 6.07) is 16.7. The first-order valence-corrected chi connectivity index (χ1v) is 8.63. The molecular formula is C21H13FO2S. The fourth-order valence-corrected chi connectivity index (χ4v) is 4.07. The average Bonchev–Trinajstić information content (AvgIpc) is 2.61. The first-order chi connectivity index (χ1) is 12.1. The van der Waals surface area contributed by atoms with Crippen molar-refractivity contribution in [3.05, 3.63) is 94.3 Å².